The van der Waals surface area contributed by atoms with Crippen LogP contribution in [-0.2, 0) is 19.2 Å². The fraction of sp³-hybridized carbons (Fsp3) is 0.231. The molecule has 0 aromatic heterocycles. The van der Waals surface area contributed by atoms with E-state index in [1.807, 2.05) is 0 Å². The number of hydrogen-bond donors (Lipinski definition) is 2. The van der Waals surface area contributed by atoms with E-state index in [0.29, 0.717) is 11.1 Å². The van der Waals surface area contributed by atoms with Crippen LogP contribution in [-0.4, -0.2) is 56.5 Å². The Labute approximate surface area is 196 Å². The lowest BCUT2D eigenvalue weighted by Gasteiger charge is -2.31. The van der Waals surface area contributed by atoms with Crippen molar-refractivity contribution in [3.8, 4) is 0 Å². The number of benzene rings is 2. The second-order valence-corrected chi connectivity index (χ2v) is 8.26. The van der Waals surface area contributed by atoms with Crippen molar-refractivity contribution in [2.24, 2.45) is 0 Å². The fourth-order valence-corrected chi connectivity index (χ4v) is 4.67. The number of ketones is 2. The van der Waals surface area contributed by atoms with E-state index in [1.54, 1.807) is 60.7 Å². The van der Waals surface area contributed by atoms with Crippen LogP contribution in [0.2, 0.25) is 0 Å². The first-order valence-electron chi connectivity index (χ1n) is 10.8. The highest BCUT2D eigenvalue weighted by Crippen LogP contribution is 2.40. The molecule has 174 valence electrons. The second-order valence-electron chi connectivity index (χ2n) is 8.26. The molecule has 8 heteroatoms. The van der Waals surface area contributed by atoms with Crippen molar-refractivity contribution in [3.63, 3.8) is 0 Å². The number of Topliss-reactive ketones (excluding diaryl/α,β-unsaturated/α-hetero) is 2. The molecule has 8 nitrogen and oxygen atoms in total. The van der Waals surface area contributed by atoms with Crippen molar-refractivity contribution in [3.05, 3.63) is 94.5 Å². The molecule has 2 aliphatic heterocycles. The molecule has 0 unspecified atom stereocenters. The van der Waals surface area contributed by atoms with Gasteiger partial charge >= 0.3 is 0 Å². The van der Waals surface area contributed by atoms with E-state index < -0.39 is 47.0 Å². The zero-order chi connectivity index (χ0) is 24.6. The minimum atomic E-state index is -0.812. The summed E-state index contributed by atoms with van der Waals surface area (Å²) in [4.78, 5) is 53.1. The number of aliphatic hydroxyl groups excluding tert-OH is 2. The molecule has 2 amide bonds. The fourth-order valence-electron chi connectivity index (χ4n) is 4.67. The minimum Gasteiger partial charge on any atom is -0.503 e. The summed E-state index contributed by atoms with van der Waals surface area (Å²) >= 11 is 0. The van der Waals surface area contributed by atoms with Gasteiger partial charge in [0, 0.05) is 13.1 Å². The molecule has 4 rings (SSSR count). The third-order valence-electron chi connectivity index (χ3n) is 6.18. The molecule has 34 heavy (non-hydrogen) atoms. The van der Waals surface area contributed by atoms with Crippen LogP contribution in [0.1, 0.15) is 37.1 Å². The Morgan fingerprint density at radius 2 is 1.00 bits per heavy atom. The maximum atomic E-state index is 12.9. The van der Waals surface area contributed by atoms with Gasteiger partial charge in [-0.15, -0.1) is 0 Å². The average molecular weight is 460 g/mol. The van der Waals surface area contributed by atoms with E-state index in [-0.39, 0.29) is 24.2 Å². The lowest BCUT2D eigenvalue weighted by molar-refractivity contribution is -0.133. The first-order chi connectivity index (χ1) is 16.2. The van der Waals surface area contributed by atoms with Gasteiger partial charge in [-0.3, -0.25) is 19.2 Å². The Balaban J connectivity index is 1.67. The maximum absolute atomic E-state index is 12.9. The highest BCUT2D eigenvalue weighted by Gasteiger charge is 2.45. The number of amides is 2. The second kappa shape index (κ2) is 8.97. The summed E-state index contributed by atoms with van der Waals surface area (Å²) in [6.45, 7) is 2.50. The zero-order valence-corrected chi connectivity index (χ0v) is 18.8. The van der Waals surface area contributed by atoms with Gasteiger partial charge in [0.1, 0.15) is 0 Å². The van der Waals surface area contributed by atoms with E-state index in [9.17, 15) is 29.4 Å². The van der Waals surface area contributed by atoms with E-state index >= 15 is 0 Å². The molecule has 0 aliphatic carbocycles. The number of nitrogens with zero attached hydrogens (tertiary/aromatic N) is 2. The highest BCUT2D eigenvalue weighted by molar-refractivity contribution is 6.09. The summed E-state index contributed by atoms with van der Waals surface area (Å²) < 4.78 is 0. The van der Waals surface area contributed by atoms with Gasteiger partial charge in [0.15, 0.2) is 23.1 Å². The van der Waals surface area contributed by atoms with Crippen LogP contribution in [0.15, 0.2) is 83.3 Å². The molecule has 0 fully saturated rings. The van der Waals surface area contributed by atoms with Crippen LogP contribution >= 0.6 is 0 Å². The summed E-state index contributed by atoms with van der Waals surface area (Å²) in [6.07, 6.45) is 0. The van der Waals surface area contributed by atoms with Crippen molar-refractivity contribution in [2.45, 2.75) is 25.9 Å². The van der Waals surface area contributed by atoms with Crippen LogP contribution in [0.5, 0.6) is 0 Å². The minimum absolute atomic E-state index is 0.00560. The monoisotopic (exact) mass is 460 g/mol. The van der Waals surface area contributed by atoms with E-state index in [1.165, 1.54) is 23.6 Å². The lowest BCUT2D eigenvalue weighted by Crippen LogP contribution is -2.41. The van der Waals surface area contributed by atoms with Crippen LogP contribution in [0.3, 0.4) is 0 Å². The molecule has 2 aromatic carbocycles. The molecule has 0 spiro atoms. The lowest BCUT2D eigenvalue weighted by atomic mass is 9.96. The Kier molecular flexibility index (Phi) is 6.06. The van der Waals surface area contributed by atoms with Crippen LogP contribution in [0, 0.1) is 0 Å². The van der Waals surface area contributed by atoms with Crippen LogP contribution in [0.4, 0.5) is 0 Å². The summed E-state index contributed by atoms with van der Waals surface area (Å²) in [7, 11) is 0. The standard InChI is InChI=1S/C26H24N2O6/c1-15(29)19-21(17-9-5-3-6-10-17)27(25(33)23(19)31)13-14-28-22(18-11-7-4-8-12-18)20(16(2)30)24(32)26(28)34/h3-12,21-22,31-32H,13-14H2,1-2H3/t21-,22+. The number of carbonyl (C=O) groups is 4. The maximum Gasteiger partial charge on any atom is 0.290 e. The van der Waals surface area contributed by atoms with Gasteiger partial charge < -0.3 is 20.0 Å². The molecule has 0 saturated heterocycles. The first kappa shape index (κ1) is 23.0. The predicted molar refractivity (Wildman–Crippen MR) is 122 cm³/mol. The molecule has 2 atom stereocenters. The van der Waals surface area contributed by atoms with Gasteiger partial charge in [-0.1, -0.05) is 60.7 Å². The molecule has 2 N–H and O–H groups in total. The molecular formula is C26H24N2O6. The van der Waals surface area contributed by atoms with Gasteiger partial charge in [0.2, 0.25) is 0 Å². The van der Waals surface area contributed by atoms with Gasteiger partial charge in [0.05, 0.1) is 23.2 Å². The predicted octanol–water partition coefficient (Wildman–Crippen LogP) is 2.96. The Bertz CT molecular complexity index is 1130. The van der Waals surface area contributed by atoms with E-state index in [2.05, 4.69) is 0 Å². The smallest absolute Gasteiger partial charge is 0.290 e. The van der Waals surface area contributed by atoms with Crippen LogP contribution < -0.4 is 0 Å². The zero-order valence-electron chi connectivity index (χ0n) is 18.8. The van der Waals surface area contributed by atoms with Gasteiger partial charge in [-0.2, -0.15) is 0 Å². The van der Waals surface area contributed by atoms with Crippen molar-refractivity contribution < 1.29 is 29.4 Å². The highest BCUT2D eigenvalue weighted by atomic mass is 16.3. The van der Waals surface area contributed by atoms with E-state index in [4.69, 9.17) is 0 Å². The number of hydrogen-bond acceptors (Lipinski definition) is 6. The summed E-state index contributed by atoms with van der Waals surface area (Å²) in [6, 6.07) is 16.0. The third kappa shape index (κ3) is 3.77. The SMILES string of the molecule is CC(=O)C1=C(O)C(=O)N(CCN2C(=O)C(O)=C(C(C)=O)[C@H]2c2ccccc2)[C@H]1c1ccccc1. The van der Waals surface area contributed by atoms with E-state index in [0.717, 1.165) is 0 Å². The topological polar surface area (TPSA) is 115 Å². The molecule has 2 aliphatic rings. The van der Waals surface area contributed by atoms with Crippen molar-refractivity contribution >= 4 is 23.4 Å². The Morgan fingerprint density at radius 1 is 0.676 bits per heavy atom. The van der Waals surface area contributed by atoms with Gasteiger partial charge in [-0.25, -0.2) is 0 Å². The van der Waals surface area contributed by atoms with Crippen molar-refractivity contribution in [1.29, 1.82) is 0 Å². The number of rotatable bonds is 7. The molecule has 2 aromatic rings. The van der Waals surface area contributed by atoms with Crippen molar-refractivity contribution in [1.82, 2.24) is 9.80 Å². The summed E-state index contributed by atoms with van der Waals surface area (Å²) in [5, 5.41) is 20.9. The molecule has 0 saturated carbocycles. The first-order valence-corrected chi connectivity index (χ1v) is 10.8. The van der Waals surface area contributed by atoms with Crippen molar-refractivity contribution in [2.75, 3.05) is 13.1 Å². The van der Waals surface area contributed by atoms with Crippen LogP contribution in [0.25, 0.3) is 0 Å². The number of carbonyl (C=O) groups excluding carboxylic acids is 4. The summed E-state index contributed by atoms with van der Waals surface area (Å²) in [5.74, 6) is -3.52. The Morgan fingerprint density at radius 3 is 1.29 bits per heavy atom. The quantitative estimate of drug-likeness (QED) is 0.657. The molecule has 0 bridgehead atoms. The third-order valence-corrected chi connectivity index (χ3v) is 6.18. The largest absolute Gasteiger partial charge is 0.503 e. The molecular weight excluding hydrogens is 436 g/mol. The molecule has 2 heterocycles. The van der Waals surface area contributed by atoms with Gasteiger partial charge in [0.25, 0.3) is 11.8 Å². The average Bonchev–Trinajstić information content (AvgIpc) is 3.23. The normalized spacial score (nSPS) is 20.5. The number of aliphatic hydroxyl groups is 2. The summed E-state index contributed by atoms with van der Waals surface area (Å²) in [5.41, 5.74) is 1.27. The van der Waals surface area contributed by atoms with Gasteiger partial charge in [-0.05, 0) is 25.0 Å². The Hall–Kier alpha value is -4.20. The molecule has 0 radical (unpaired) electrons.